The quantitative estimate of drug-likeness (QED) is 0.866. The standard InChI is InChI=1S/C13H16FN3O2/c1-2-4-11-16-12(19-17-11)8-18-13-9(7-15)5-3-6-10(13)14/h3,5-6H,2,4,7-8,15H2,1H3. The molecule has 0 amide bonds. The third-order valence-corrected chi connectivity index (χ3v) is 2.59. The molecule has 0 radical (unpaired) electrons. The average molecular weight is 265 g/mol. The first-order valence-corrected chi connectivity index (χ1v) is 6.16. The molecular formula is C13H16FN3O2. The van der Waals surface area contributed by atoms with Crippen LogP contribution in [-0.4, -0.2) is 10.1 Å². The number of nitrogens with two attached hydrogens (primary N) is 1. The second kappa shape index (κ2) is 6.29. The lowest BCUT2D eigenvalue weighted by Crippen LogP contribution is -2.05. The molecule has 19 heavy (non-hydrogen) atoms. The van der Waals surface area contributed by atoms with E-state index in [1.165, 1.54) is 6.07 Å². The van der Waals surface area contributed by atoms with E-state index >= 15 is 0 Å². The van der Waals surface area contributed by atoms with E-state index in [4.69, 9.17) is 15.0 Å². The third kappa shape index (κ3) is 3.29. The van der Waals surface area contributed by atoms with Crippen molar-refractivity contribution >= 4 is 0 Å². The molecule has 0 saturated heterocycles. The molecule has 0 bridgehead atoms. The van der Waals surface area contributed by atoms with E-state index < -0.39 is 5.82 Å². The fourth-order valence-corrected chi connectivity index (χ4v) is 1.68. The molecule has 1 aromatic heterocycles. The first-order valence-electron chi connectivity index (χ1n) is 6.16. The van der Waals surface area contributed by atoms with Crippen molar-refractivity contribution in [1.82, 2.24) is 10.1 Å². The maximum atomic E-state index is 13.6. The highest BCUT2D eigenvalue weighted by molar-refractivity contribution is 5.34. The summed E-state index contributed by atoms with van der Waals surface area (Å²) >= 11 is 0. The van der Waals surface area contributed by atoms with Crippen molar-refractivity contribution in [2.75, 3.05) is 0 Å². The van der Waals surface area contributed by atoms with Gasteiger partial charge in [-0.15, -0.1) is 0 Å². The second-order valence-corrected chi connectivity index (χ2v) is 4.08. The lowest BCUT2D eigenvalue weighted by molar-refractivity contribution is 0.232. The summed E-state index contributed by atoms with van der Waals surface area (Å²) in [5.41, 5.74) is 6.14. The van der Waals surface area contributed by atoms with Crippen molar-refractivity contribution in [2.45, 2.75) is 32.9 Å². The van der Waals surface area contributed by atoms with Crippen LogP contribution in [0.3, 0.4) is 0 Å². The molecule has 2 N–H and O–H groups in total. The molecule has 0 aliphatic rings. The fraction of sp³-hybridized carbons (Fsp3) is 0.385. The van der Waals surface area contributed by atoms with E-state index in [9.17, 15) is 4.39 Å². The lowest BCUT2D eigenvalue weighted by Gasteiger charge is -2.09. The highest BCUT2D eigenvalue weighted by Gasteiger charge is 2.11. The lowest BCUT2D eigenvalue weighted by atomic mass is 10.2. The molecule has 2 aromatic rings. The molecule has 102 valence electrons. The number of rotatable bonds is 6. The van der Waals surface area contributed by atoms with Crippen molar-refractivity contribution in [3.05, 3.63) is 41.3 Å². The summed E-state index contributed by atoms with van der Waals surface area (Å²) in [4.78, 5) is 4.14. The zero-order valence-corrected chi connectivity index (χ0v) is 10.7. The molecule has 0 saturated carbocycles. The third-order valence-electron chi connectivity index (χ3n) is 2.59. The number of ether oxygens (including phenoxy) is 1. The molecule has 2 rings (SSSR count). The molecule has 0 unspecified atom stereocenters. The predicted octanol–water partition coefficient (Wildman–Crippen LogP) is 2.20. The van der Waals surface area contributed by atoms with Gasteiger partial charge in [-0.3, -0.25) is 0 Å². The Hall–Kier alpha value is -1.95. The molecule has 0 atom stereocenters. The number of halogens is 1. The fourth-order valence-electron chi connectivity index (χ4n) is 1.68. The van der Waals surface area contributed by atoms with Crippen molar-refractivity contribution in [2.24, 2.45) is 5.73 Å². The van der Waals surface area contributed by atoms with Gasteiger partial charge in [0, 0.05) is 18.5 Å². The van der Waals surface area contributed by atoms with Crippen LogP contribution in [0.4, 0.5) is 4.39 Å². The molecule has 1 heterocycles. The Kier molecular flexibility index (Phi) is 4.46. The van der Waals surface area contributed by atoms with Crippen molar-refractivity contribution < 1.29 is 13.7 Å². The maximum Gasteiger partial charge on any atom is 0.264 e. The van der Waals surface area contributed by atoms with Gasteiger partial charge in [-0.2, -0.15) is 4.98 Å². The Morgan fingerprint density at radius 3 is 3.00 bits per heavy atom. The minimum atomic E-state index is -0.448. The smallest absolute Gasteiger partial charge is 0.264 e. The van der Waals surface area contributed by atoms with Crippen LogP contribution in [0.15, 0.2) is 22.7 Å². The Bertz CT molecular complexity index is 542. The number of hydrogen-bond donors (Lipinski definition) is 1. The van der Waals surface area contributed by atoms with E-state index in [0.29, 0.717) is 17.3 Å². The van der Waals surface area contributed by atoms with Crippen molar-refractivity contribution in [3.8, 4) is 5.75 Å². The van der Waals surface area contributed by atoms with Gasteiger partial charge in [0.15, 0.2) is 24.0 Å². The van der Waals surface area contributed by atoms with E-state index in [1.54, 1.807) is 12.1 Å². The number of hydrogen-bond acceptors (Lipinski definition) is 5. The zero-order valence-electron chi connectivity index (χ0n) is 10.7. The summed E-state index contributed by atoms with van der Waals surface area (Å²) in [6, 6.07) is 4.63. The monoisotopic (exact) mass is 265 g/mol. The van der Waals surface area contributed by atoms with Crippen LogP contribution >= 0.6 is 0 Å². The molecule has 0 fully saturated rings. The van der Waals surface area contributed by atoms with Gasteiger partial charge >= 0.3 is 0 Å². The van der Waals surface area contributed by atoms with Gasteiger partial charge in [-0.05, 0) is 12.5 Å². The van der Waals surface area contributed by atoms with E-state index in [1.807, 2.05) is 6.92 Å². The molecule has 0 spiro atoms. The predicted molar refractivity (Wildman–Crippen MR) is 66.9 cm³/mol. The Labute approximate surface area is 110 Å². The van der Waals surface area contributed by atoms with Crippen molar-refractivity contribution in [1.29, 1.82) is 0 Å². The first kappa shape index (κ1) is 13.5. The SMILES string of the molecule is CCCc1noc(COc2c(F)cccc2CN)n1. The molecule has 0 aliphatic heterocycles. The molecular weight excluding hydrogens is 249 g/mol. The van der Waals surface area contributed by atoms with Gasteiger partial charge in [0.25, 0.3) is 5.89 Å². The largest absolute Gasteiger partial charge is 0.480 e. The minimum absolute atomic E-state index is 0.0324. The average Bonchev–Trinajstić information content (AvgIpc) is 2.85. The number of para-hydroxylation sites is 1. The molecule has 1 aromatic carbocycles. The van der Waals surface area contributed by atoms with Crippen molar-refractivity contribution in [3.63, 3.8) is 0 Å². The molecule has 5 nitrogen and oxygen atoms in total. The Morgan fingerprint density at radius 1 is 1.42 bits per heavy atom. The van der Waals surface area contributed by atoms with Crippen LogP contribution in [-0.2, 0) is 19.6 Å². The van der Waals surface area contributed by atoms with E-state index in [0.717, 1.165) is 12.8 Å². The summed E-state index contributed by atoms with van der Waals surface area (Å²) in [7, 11) is 0. The number of nitrogens with zero attached hydrogens (tertiary/aromatic N) is 2. The van der Waals surface area contributed by atoms with Gasteiger partial charge in [-0.25, -0.2) is 4.39 Å². The summed E-state index contributed by atoms with van der Waals surface area (Å²) < 4.78 is 24.0. The van der Waals surface area contributed by atoms with Crippen LogP contribution in [0.25, 0.3) is 0 Å². The first-order chi connectivity index (χ1) is 9.24. The van der Waals surface area contributed by atoms with E-state index in [2.05, 4.69) is 10.1 Å². The summed E-state index contributed by atoms with van der Waals surface area (Å²) in [5, 5.41) is 3.80. The van der Waals surface area contributed by atoms with Crippen LogP contribution in [0.2, 0.25) is 0 Å². The van der Waals surface area contributed by atoms with Gasteiger partial charge in [0.05, 0.1) is 0 Å². The Morgan fingerprint density at radius 2 is 2.26 bits per heavy atom. The van der Waals surface area contributed by atoms with Gasteiger partial charge < -0.3 is 15.0 Å². The Balaban J connectivity index is 2.05. The second-order valence-electron chi connectivity index (χ2n) is 4.08. The number of benzene rings is 1. The summed E-state index contributed by atoms with van der Waals surface area (Å²) in [6.45, 7) is 2.27. The van der Waals surface area contributed by atoms with Crippen LogP contribution in [0.1, 0.15) is 30.6 Å². The highest BCUT2D eigenvalue weighted by Crippen LogP contribution is 2.23. The van der Waals surface area contributed by atoms with E-state index in [-0.39, 0.29) is 18.9 Å². The maximum absolute atomic E-state index is 13.6. The zero-order chi connectivity index (χ0) is 13.7. The van der Waals surface area contributed by atoms with Gasteiger partial charge in [-0.1, -0.05) is 24.2 Å². The van der Waals surface area contributed by atoms with Gasteiger partial charge in [0.2, 0.25) is 0 Å². The summed E-state index contributed by atoms with van der Waals surface area (Å²) in [6.07, 6.45) is 1.68. The molecule has 0 aliphatic carbocycles. The molecule has 6 heteroatoms. The summed E-state index contributed by atoms with van der Waals surface area (Å²) in [5.74, 6) is 0.653. The minimum Gasteiger partial charge on any atom is -0.480 e. The van der Waals surface area contributed by atoms with Crippen LogP contribution in [0, 0.1) is 5.82 Å². The number of aryl methyl sites for hydroxylation is 1. The topological polar surface area (TPSA) is 74.2 Å². The highest BCUT2D eigenvalue weighted by atomic mass is 19.1. The van der Waals surface area contributed by atoms with Gasteiger partial charge in [0.1, 0.15) is 0 Å². The normalized spacial score (nSPS) is 10.7. The van der Waals surface area contributed by atoms with Crippen LogP contribution in [0.5, 0.6) is 5.75 Å². The van der Waals surface area contributed by atoms with Crippen LogP contribution < -0.4 is 10.5 Å². The number of aromatic nitrogens is 2.